The van der Waals surface area contributed by atoms with Crippen molar-refractivity contribution in [3.05, 3.63) is 82.0 Å². The molecule has 124 valence electrons. The molecule has 0 unspecified atom stereocenters. The molecule has 1 aromatic carbocycles. The first kappa shape index (κ1) is 16.1. The van der Waals surface area contributed by atoms with E-state index < -0.39 is 0 Å². The average Bonchev–Trinajstić information content (AvgIpc) is 3.05. The normalized spacial score (nSPS) is 13.6. The number of hydrogen-bond donors (Lipinski definition) is 2. The molecule has 6 heteroatoms. The quantitative estimate of drug-likeness (QED) is 0.730. The van der Waals surface area contributed by atoms with Gasteiger partial charge in [-0.1, -0.05) is 30.3 Å². The third kappa shape index (κ3) is 3.97. The summed E-state index contributed by atoms with van der Waals surface area (Å²) >= 11 is 0. The van der Waals surface area contributed by atoms with Crippen molar-refractivity contribution in [1.29, 1.82) is 0 Å². The van der Waals surface area contributed by atoms with Gasteiger partial charge in [0.05, 0.1) is 18.4 Å². The van der Waals surface area contributed by atoms with E-state index >= 15 is 0 Å². The lowest BCUT2D eigenvalue weighted by Gasteiger charge is -2.18. The summed E-state index contributed by atoms with van der Waals surface area (Å²) in [5.74, 6) is 0. The lowest BCUT2D eigenvalue weighted by atomic mass is 10.1. The van der Waals surface area contributed by atoms with Crippen molar-refractivity contribution in [3.63, 3.8) is 0 Å². The molecule has 2 atom stereocenters. The van der Waals surface area contributed by atoms with Crippen LogP contribution in [0.1, 0.15) is 42.8 Å². The van der Waals surface area contributed by atoms with E-state index in [9.17, 15) is 4.79 Å². The topological polar surface area (TPSA) is 75.6 Å². The molecular weight excluding hydrogens is 302 g/mol. The molecule has 0 radical (unpaired) electrons. The molecule has 0 fully saturated rings. The number of H-pyrrole nitrogens is 1. The minimum absolute atomic E-state index is 0.0225. The van der Waals surface area contributed by atoms with E-state index in [-0.39, 0.29) is 17.6 Å². The fourth-order valence-electron chi connectivity index (χ4n) is 2.61. The highest BCUT2D eigenvalue weighted by Crippen LogP contribution is 2.17. The van der Waals surface area contributed by atoms with Crippen LogP contribution in [-0.2, 0) is 6.54 Å². The van der Waals surface area contributed by atoms with Crippen molar-refractivity contribution in [3.8, 4) is 0 Å². The van der Waals surface area contributed by atoms with Gasteiger partial charge in [0.15, 0.2) is 0 Å². The van der Waals surface area contributed by atoms with Crippen molar-refractivity contribution in [2.24, 2.45) is 0 Å². The Hall–Kier alpha value is -2.73. The Bertz CT molecular complexity index is 819. The van der Waals surface area contributed by atoms with Gasteiger partial charge in [-0.25, -0.2) is 5.10 Å². The fraction of sp³-hybridized carbons (Fsp3) is 0.278. The van der Waals surface area contributed by atoms with Crippen LogP contribution in [0, 0.1) is 0 Å². The highest BCUT2D eigenvalue weighted by atomic mass is 16.1. The molecule has 2 heterocycles. The first-order chi connectivity index (χ1) is 11.6. The number of nitrogens with zero attached hydrogens (tertiary/aromatic N) is 3. The van der Waals surface area contributed by atoms with Crippen molar-refractivity contribution in [2.75, 3.05) is 0 Å². The number of rotatable bonds is 6. The van der Waals surface area contributed by atoms with E-state index in [1.807, 2.05) is 36.0 Å². The van der Waals surface area contributed by atoms with Gasteiger partial charge in [-0.05, 0) is 25.5 Å². The van der Waals surface area contributed by atoms with E-state index in [0.29, 0.717) is 0 Å². The fourth-order valence-corrected chi connectivity index (χ4v) is 2.61. The summed E-state index contributed by atoms with van der Waals surface area (Å²) < 4.78 is 1.94. The molecule has 24 heavy (non-hydrogen) atoms. The highest BCUT2D eigenvalue weighted by Gasteiger charge is 2.14. The number of aromatic nitrogens is 4. The zero-order valence-electron chi connectivity index (χ0n) is 13.8. The smallest absolute Gasteiger partial charge is 0.264 e. The maximum Gasteiger partial charge on any atom is 0.264 e. The van der Waals surface area contributed by atoms with Gasteiger partial charge in [-0.2, -0.15) is 10.2 Å². The van der Waals surface area contributed by atoms with Crippen LogP contribution in [0.15, 0.2) is 59.7 Å². The minimum Gasteiger partial charge on any atom is -0.302 e. The van der Waals surface area contributed by atoms with Crippen molar-refractivity contribution >= 4 is 0 Å². The van der Waals surface area contributed by atoms with Gasteiger partial charge >= 0.3 is 0 Å². The van der Waals surface area contributed by atoms with Gasteiger partial charge in [0, 0.05) is 29.9 Å². The van der Waals surface area contributed by atoms with E-state index in [0.717, 1.165) is 17.8 Å². The average molecular weight is 323 g/mol. The standard InChI is InChI=1S/C18H21N5O/c1-13(20-14(2)17-8-9-18(24)22-21-17)16-10-19-23(12-16)11-15-6-4-3-5-7-15/h3-10,12-14,20H,11H2,1-2H3,(H,22,24)/t13-,14+/m0/s1. The largest absolute Gasteiger partial charge is 0.302 e. The van der Waals surface area contributed by atoms with Crippen LogP contribution in [0.25, 0.3) is 0 Å². The molecule has 6 nitrogen and oxygen atoms in total. The van der Waals surface area contributed by atoms with Crippen LogP contribution < -0.4 is 10.9 Å². The molecule has 0 aliphatic carbocycles. The SMILES string of the molecule is C[C@H](N[C@H](C)c1ccc(=O)[nH]n1)c1cnn(Cc2ccccc2)c1. The molecule has 0 saturated carbocycles. The van der Waals surface area contributed by atoms with Crippen LogP contribution in [-0.4, -0.2) is 20.0 Å². The molecule has 0 amide bonds. The van der Waals surface area contributed by atoms with Crippen LogP contribution in [0.2, 0.25) is 0 Å². The Morgan fingerprint density at radius 3 is 2.62 bits per heavy atom. The second-order valence-electron chi connectivity index (χ2n) is 5.91. The van der Waals surface area contributed by atoms with Gasteiger partial charge in [0.1, 0.15) is 0 Å². The van der Waals surface area contributed by atoms with Crippen LogP contribution in [0.5, 0.6) is 0 Å². The summed E-state index contributed by atoms with van der Waals surface area (Å²) in [6.07, 6.45) is 3.94. The summed E-state index contributed by atoms with van der Waals surface area (Å²) in [7, 11) is 0. The second kappa shape index (κ2) is 7.23. The van der Waals surface area contributed by atoms with Gasteiger partial charge in [-0.3, -0.25) is 9.48 Å². The predicted molar refractivity (Wildman–Crippen MR) is 92.6 cm³/mol. The molecular formula is C18H21N5O. The molecule has 2 N–H and O–H groups in total. The molecule has 0 saturated heterocycles. The summed E-state index contributed by atoms with van der Waals surface area (Å²) in [4.78, 5) is 11.1. The van der Waals surface area contributed by atoms with Gasteiger partial charge in [-0.15, -0.1) is 0 Å². The number of hydrogen-bond acceptors (Lipinski definition) is 4. The zero-order chi connectivity index (χ0) is 16.9. The zero-order valence-corrected chi connectivity index (χ0v) is 13.8. The molecule has 0 aliphatic rings. The van der Waals surface area contributed by atoms with Crippen LogP contribution in [0.3, 0.4) is 0 Å². The highest BCUT2D eigenvalue weighted by molar-refractivity contribution is 5.17. The first-order valence-electron chi connectivity index (χ1n) is 8.00. The number of benzene rings is 1. The number of aromatic amines is 1. The maximum atomic E-state index is 11.1. The third-order valence-corrected chi connectivity index (χ3v) is 3.98. The summed E-state index contributed by atoms with van der Waals surface area (Å²) in [6, 6.07) is 13.6. The Morgan fingerprint density at radius 1 is 1.12 bits per heavy atom. The third-order valence-electron chi connectivity index (χ3n) is 3.98. The molecule has 0 spiro atoms. The summed E-state index contributed by atoms with van der Waals surface area (Å²) in [5.41, 5.74) is 2.94. The van der Waals surface area contributed by atoms with Gasteiger partial charge in [0.2, 0.25) is 0 Å². The van der Waals surface area contributed by atoms with E-state index in [2.05, 4.69) is 45.9 Å². The van der Waals surface area contributed by atoms with E-state index in [1.165, 1.54) is 11.6 Å². The molecule has 0 aliphatic heterocycles. The Labute approximate surface area is 140 Å². The van der Waals surface area contributed by atoms with E-state index in [1.54, 1.807) is 6.07 Å². The van der Waals surface area contributed by atoms with E-state index in [4.69, 9.17) is 0 Å². The van der Waals surface area contributed by atoms with Crippen LogP contribution >= 0.6 is 0 Å². The molecule has 3 rings (SSSR count). The minimum atomic E-state index is -0.193. The van der Waals surface area contributed by atoms with Crippen molar-refractivity contribution < 1.29 is 0 Å². The monoisotopic (exact) mass is 323 g/mol. The second-order valence-corrected chi connectivity index (χ2v) is 5.91. The van der Waals surface area contributed by atoms with Crippen LogP contribution in [0.4, 0.5) is 0 Å². The first-order valence-corrected chi connectivity index (χ1v) is 8.00. The molecule has 0 bridgehead atoms. The Morgan fingerprint density at radius 2 is 1.92 bits per heavy atom. The Kier molecular flexibility index (Phi) is 4.86. The Balaban J connectivity index is 1.64. The lowest BCUT2D eigenvalue weighted by molar-refractivity contribution is 0.482. The number of nitrogens with one attached hydrogen (secondary N) is 2. The lowest BCUT2D eigenvalue weighted by Crippen LogP contribution is -2.24. The van der Waals surface area contributed by atoms with Crippen molar-refractivity contribution in [2.45, 2.75) is 32.5 Å². The summed E-state index contributed by atoms with van der Waals surface area (Å²) in [6.45, 7) is 4.86. The van der Waals surface area contributed by atoms with Gasteiger partial charge in [0.25, 0.3) is 5.56 Å². The summed E-state index contributed by atoms with van der Waals surface area (Å²) in [5, 5.41) is 14.4. The molecule has 3 aromatic rings. The maximum absolute atomic E-state index is 11.1. The van der Waals surface area contributed by atoms with Gasteiger partial charge < -0.3 is 5.32 Å². The van der Waals surface area contributed by atoms with Crippen molar-refractivity contribution in [1.82, 2.24) is 25.3 Å². The molecule has 2 aromatic heterocycles. The predicted octanol–water partition coefficient (Wildman–Crippen LogP) is 2.43.